The van der Waals surface area contributed by atoms with Crippen molar-refractivity contribution in [2.75, 3.05) is 0 Å². The number of carboxylic acid groups (broad SMARTS) is 1. The predicted molar refractivity (Wildman–Crippen MR) is 53.3 cm³/mol. The Kier molecular flexibility index (Phi) is 5.35. The van der Waals surface area contributed by atoms with E-state index in [1.54, 1.807) is 6.07 Å². The number of carbonyl (C=O) groups is 1. The van der Waals surface area contributed by atoms with Gasteiger partial charge in [0.15, 0.2) is 0 Å². The first-order valence-corrected chi connectivity index (χ1v) is 5.38. The third-order valence-electron chi connectivity index (χ3n) is 1.26. The van der Waals surface area contributed by atoms with Gasteiger partial charge < -0.3 is 15.4 Å². The van der Waals surface area contributed by atoms with Gasteiger partial charge in [0.05, 0.1) is 10.6 Å². The average Bonchev–Trinajstić information content (AvgIpc) is 2.06. The highest BCUT2D eigenvalue weighted by atomic mass is 35.5. The molecule has 1 rings (SSSR count). The molecule has 7 nitrogen and oxygen atoms in total. The minimum absolute atomic E-state index is 0.0965. The van der Waals surface area contributed by atoms with E-state index in [1.165, 1.54) is 12.1 Å². The van der Waals surface area contributed by atoms with Gasteiger partial charge in [0, 0.05) is 12.1 Å². The van der Waals surface area contributed by atoms with Crippen LogP contribution in [0.4, 0.5) is 5.69 Å². The Labute approximate surface area is 96.0 Å². The van der Waals surface area contributed by atoms with Crippen LogP contribution >= 0.6 is 11.6 Å². The fraction of sp³-hybridized carbons (Fsp3) is 0. The molecule has 0 aliphatic carbocycles. The van der Waals surface area contributed by atoms with Gasteiger partial charge in [-0.05, 0) is 6.07 Å². The largest absolute Gasteiger partial charge is 0.726 e. The van der Waals surface area contributed by atoms with Gasteiger partial charge in [0.25, 0.3) is 0 Å². The lowest BCUT2D eigenvalue weighted by Gasteiger charge is -1.96. The zero-order chi connectivity index (χ0) is 12.9. The summed E-state index contributed by atoms with van der Waals surface area (Å²) >= 11 is 5.58. The van der Waals surface area contributed by atoms with Gasteiger partial charge in [0.1, 0.15) is 5.69 Å². The molecule has 0 spiro atoms. The standard InChI is InChI=1S/C7H6ClNO2.H2O4S/c8-6-2-1-4(9)3-5(6)7(10)11;1-5(2,3)4/h1-3H,9H2,(H,10,11);(H2,1,2,3,4). The maximum absolute atomic E-state index is 10.5. The molecule has 0 heterocycles. The summed E-state index contributed by atoms with van der Waals surface area (Å²) < 4.78 is 32.8. The second-order valence-corrected chi connectivity index (χ2v) is 3.81. The van der Waals surface area contributed by atoms with Crippen LogP contribution < -0.4 is 5.73 Å². The third kappa shape index (κ3) is 7.15. The second kappa shape index (κ2) is 5.77. The smallest absolute Gasteiger partial charge is 0.337 e. The van der Waals surface area contributed by atoms with Gasteiger partial charge >= 0.3 is 5.97 Å². The minimum Gasteiger partial charge on any atom is -0.726 e. The van der Waals surface area contributed by atoms with Gasteiger partial charge in [-0.1, -0.05) is 11.6 Å². The summed E-state index contributed by atoms with van der Waals surface area (Å²) in [7, 11) is -4.92. The molecule has 0 atom stereocenters. The minimum atomic E-state index is -4.92. The van der Waals surface area contributed by atoms with Crippen LogP contribution in [0.15, 0.2) is 18.2 Å². The number of hydrogen-bond donors (Lipinski definition) is 3. The molecule has 5 N–H and O–H groups in total. The molecule has 16 heavy (non-hydrogen) atoms. The molecule has 0 fully saturated rings. The van der Waals surface area contributed by atoms with E-state index in [2.05, 4.69) is 5.73 Å². The molecule has 0 aliphatic heterocycles. The van der Waals surface area contributed by atoms with Gasteiger partial charge in [-0.25, -0.2) is 13.2 Å². The maximum Gasteiger partial charge on any atom is 0.337 e. The molecule has 0 saturated carbocycles. The number of benzene rings is 1. The zero-order valence-electron chi connectivity index (χ0n) is 7.75. The first-order chi connectivity index (χ1) is 7.11. The van der Waals surface area contributed by atoms with Crippen LogP contribution in [0.5, 0.6) is 0 Å². The fourth-order valence-corrected chi connectivity index (χ4v) is 0.935. The quantitative estimate of drug-likeness (QED) is 0.480. The molecule has 0 amide bonds. The second-order valence-electron chi connectivity index (χ2n) is 2.55. The van der Waals surface area contributed by atoms with E-state index in [9.17, 15) is 4.79 Å². The summed E-state index contributed by atoms with van der Waals surface area (Å²) in [6.07, 6.45) is 0. The Morgan fingerprint density at radius 1 is 1.44 bits per heavy atom. The summed E-state index contributed by atoms with van der Waals surface area (Å²) in [6.45, 7) is 0. The SMILES string of the molecule is O=S(=O)([O-])O.[NH3+]c1ccc(Cl)c(C(=O)O)c1. The van der Waals surface area contributed by atoms with Crippen molar-refractivity contribution in [3.8, 4) is 0 Å². The summed E-state index contributed by atoms with van der Waals surface area (Å²) in [5, 5.41) is 8.82. The highest BCUT2D eigenvalue weighted by molar-refractivity contribution is 7.79. The Bertz CT molecular complexity index is 478. The normalized spacial score (nSPS) is 10.2. The van der Waals surface area contributed by atoms with Crippen LogP contribution in [-0.4, -0.2) is 28.6 Å². The molecule has 0 radical (unpaired) electrons. The van der Waals surface area contributed by atoms with Crippen LogP contribution in [0.3, 0.4) is 0 Å². The van der Waals surface area contributed by atoms with Crippen LogP contribution in [-0.2, 0) is 10.4 Å². The van der Waals surface area contributed by atoms with E-state index < -0.39 is 16.4 Å². The molecular formula is C7H8ClNO6S. The van der Waals surface area contributed by atoms with Gasteiger partial charge in [0.2, 0.25) is 10.4 Å². The molecule has 9 heteroatoms. The molecule has 1 aromatic rings. The zero-order valence-corrected chi connectivity index (χ0v) is 9.33. The Hall–Kier alpha value is -1.19. The maximum atomic E-state index is 10.5. The van der Waals surface area contributed by atoms with E-state index in [0.29, 0.717) is 5.69 Å². The lowest BCUT2D eigenvalue weighted by molar-refractivity contribution is -0.254. The Morgan fingerprint density at radius 3 is 2.19 bits per heavy atom. The lowest BCUT2D eigenvalue weighted by atomic mass is 10.2. The Balaban J connectivity index is 0.000000385. The molecule has 1 aromatic carbocycles. The summed E-state index contributed by atoms with van der Waals surface area (Å²) in [4.78, 5) is 10.5. The van der Waals surface area contributed by atoms with Crippen molar-refractivity contribution in [1.29, 1.82) is 0 Å². The third-order valence-corrected chi connectivity index (χ3v) is 1.59. The molecular weight excluding hydrogens is 262 g/mol. The topological polar surface area (TPSA) is 142 Å². The van der Waals surface area contributed by atoms with Crippen molar-refractivity contribution in [2.24, 2.45) is 0 Å². The molecule has 0 saturated heterocycles. The number of aromatic carboxylic acids is 1. The van der Waals surface area contributed by atoms with E-state index in [4.69, 9.17) is 34.2 Å². The van der Waals surface area contributed by atoms with Crippen molar-refractivity contribution in [3.05, 3.63) is 28.8 Å². The van der Waals surface area contributed by atoms with Crippen LogP contribution in [0, 0.1) is 0 Å². The van der Waals surface area contributed by atoms with E-state index in [-0.39, 0.29) is 10.6 Å². The summed E-state index contributed by atoms with van der Waals surface area (Å²) in [6, 6.07) is 4.62. The average molecular weight is 270 g/mol. The Morgan fingerprint density at radius 2 is 1.88 bits per heavy atom. The van der Waals surface area contributed by atoms with Crippen LogP contribution in [0.25, 0.3) is 0 Å². The summed E-state index contributed by atoms with van der Waals surface area (Å²) in [5.41, 5.74) is 4.32. The highest BCUT2D eigenvalue weighted by Gasteiger charge is 2.08. The van der Waals surface area contributed by atoms with Crippen molar-refractivity contribution < 1.29 is 33.2 Å². The van der Waals surface area contributed by atoms with Crippen LogP contribution in [0.2, 0.25) is 5.02 Å². The molecule has 0 bridgehead atoms. The monoisotopic (exact) mass is 269 g/mol. The lowest BCUT2D eigenvalue weighted by Crippen LogP contribution is -2.40. The van der Waals surface area contributed by atoms with Crippen molar-refractivity contribution >= 4 is 33.7 Å². The first-order valence-electron chi connectivity index (χ1n) is 3.64. The molecule has 0 aliphatic rings. The highest BCUT2D eigenvalue weighted by Crippen LogP contribution is 2.17. The number of hydrogen-bond acceptors (Lipinski definition) is 4. The number of rotatable bonds is 1. The van der Waals surface area contributed by atoms with E-state index in [1.807, 2.05) is 0 Å². The van der Waals surface area contributed by atoms with Crippen LogP contribution in [0.1, 0.15) is 10.4 Å². The number of halogens is 1. The van der Waals surface area contributed by atoms with E-state index >= 15 is 0 Å². The van der Waals surface area contributed by atoms with Crippen molar-refractivity contribution in [2.45, 2.75) is 0 Å². The summed E-state index contributed by atoms with van der Waals surface area (Å²) in [5.74, 6) is -1.03. The predicted octanol–water partition coefficient (Wildman–Crippen LogP) is -0.0838. The fourth-order valence-electron chi connectivity index (χ4n) is 0.736. The number of carboxylic acids is 1. The van der Waals surface area contributed by atoms with Gasteiger partial charge in [-0.2, -0.15) is 0 Å². The molecule has 0 unspecified atom stereocenters. The first kappa shape index (κ1) is 14.8. The molecule has 90 valence electrons. The van der Waals surface area contributed by atoms with Gasteiger partial charge in [-0.15, -0.1) is 0 Å². The van der Waals surface area contributed by atoms with Gasteiger partial charge in [-0.3, -0.25) is 4.55 Å². The molecule has 0 aromatic heterocycles. The van der Waals surface area contributed by atoms with Crippen molar-refractivity contribution in [1.82, 2.24) is 0 Å². The number of quaternary nitrogens is 1. The van der Waals surface area contributed by atoms with Crippen molar-refractivity contribution in [3.63, 3.8) is 0 Å². The van der Waals surface area contributed by atoms with E-state index in [0.717, 1.165) is 0 Å².